The van der Waals surface area contributed by atoms with Crippen LogP contribution >= 0.6 is 11.8 Å². The molecule has 0 amide bonds. The molecule has 19 heavy (non-hydrogen) atoms. The number of hydrogen-bond donors (Lipinski definition) is 1. The number of nitrogens with zero attached hydrogens (tertiary/aromatic N) is 2. The third-order valence-electron chi connectivity index (χ3n) is 3.17. The quantitative estimate of drug-likeness (QED) is 0.688. The van der Waals surface area contributed by atoms with Crippen LogP contribution in [0.2, 0.25) is 0 Å². The lowest BCUT2D eigenvalue weighted by atomic mass is 10.2. The number of non-ortho nitro benzene ring substituents is 1. The molecule has 6 heteroatoms. The molecule has 1 aromatic carbocycles. The number of thioether (sulfide) groups is 1. The van der Waals surface area contributed by atoms with Gasteiger partial charge in [-0.25, -0.2) is 4.98 Å². The lowest BCUT2D eigenvalue weighted by molar-refractivity contribution is -0.384. The summed E-state index contributed by atoms with van der Waals surface area (Å²) >= 11 is 1.94. The summed E-state index contributed by atoms with van der Waals surface area (Å²) in [6, 6.07) is 8.98. The molecule has 98 valence electrons. The summed E-state index contributed by atoms with van der Waals surface area (Å²) in [6.07, 6.45) is 1.16. The van der Waals surface area contributed by atoms with Gasteiger partial charge in [0, 0.05) is 29.3 Å². The SMILES string of the molecule is O=[N+]([O-])c1ccc2nc(NC3CCSC3)ccc2c1. The molecule has 0 saturated carbocycles. The van der Waals surface area contributed by atoms with Crippen LogP contribution in [0.1, 0.15) is 6.42 Å². The largest absolute Gasteiger partial charge is 0.366 e. The Morgan fingerprint density at radius 3 is 3.00 bits per heavy atom. The van der Waals surface area contributed by atoms with E-state index in [2.05, 4.69) is 10.3 Å². The molecule has 2 heterocycles. The first-order valence-corrected chi connectivity index (χ1v) is 7.27. The van der Waals surface area contributed by atoms with Gasteiger partial charge in [0.05, 0.1) is 10.4 Å². The molecule has 1 unspecified atom stereocenters. The smallest absolute Gasteiger partial charge is 0.270 e. The molecule has 0 aliphatic carbocycles. The second-order valence-electron chi connectivity index (χ2n) is 4.54. The van der Waals surface area contributed by atoms with Crippen LogP contribution in [-0.2, 0) is 0 Å². The zero-order valence-corrected chi connectivity index (χ0v) is 11.0. The highest BCUT2D eigenvalue weighted by atomic mass is 32.2. The van der Waals surface area contributed by atoms with E-state index in [1.807, 2.05) is 23.9 Å². The fourth-order valence-corrected chi connectivity index (χ4v) is 3.32. The van der Waals surface area contributed by atoms with Gasteiger partial charge in [0.15, 0.2) is 0 Å². The summed E-state index contributed by atoms with van der Waals surface area (Å²) in [5.41, 5.74) is 0.878. The number of benzene rings is 1. The van der Waals surface area contributed by atoms with Crippen LogP contribution in [0, 0.1) is 10.1 Å². The standard InChI is InChI=1S/C13H13N3O2S/c17-16(18)11-2-3-12-9(7-11)1-4-13(15-12)14-10-5-6-19-8-10/h1-4,7,10H,5-6,8H2,(H,14,15). The molecule has 1 aliphatic heterocycles. The molecule has 0 bridgehead atoms. The Bertz CT molecular complexity index is 626. The molecule has 2 aromatic rings. The number of aromatic nitrogens is 1. The van der Waals surface area contributed by atoms with Crippen molar-refractivity contribution in [3.63, 3.8) is 0 Å². The first-order valence-electron chi connectivity index (χ1n) is 6.12. The van der Waals surface area contributed by atoms with Crippen LogP contribution in [0.3, 0.4) is 0 Å². The summed E-state index contributed by atoms with van der Waals surface area (Å²) in [6.45, 7) is 0. The van der Waals surface area contributed by atoms with Crippen molar-refractivity contribution in [2.45, 2.75) is 12.5 Å². The van der Waals surface area contributed by atoms with Crippen molar-refractivity contribution in [3.8, 4) is 0 Å². The van der Waals surface area contributed by atoms with Gasteiger partial charge in [-0.15, -0.1) is 0 Å². The van der Waals surface area contributed by atoms with Crippen molar-refractivity contribution in [1.82, 2.24) is 4.98 Å². The van der Waals surface area contributed by atoms with Crippen LogP contribution in [-0.4, -0.2) is 27.5 Å². The lowest BCUT2D eigenvalue weighted by Gasteiger charge is -2.12. The van der Waals surface area contributed by atoms with Crippen molar-refractivity contribution in [3.05, 3.63) is 40.4 Å². The van der Waals surface area contributed by atoms with E-state index in [-0.39, 0.29) is 10.6 Å². The summed E-state index contributed by atoms with van der Waals surface area (Å²) in [5.74, 6) is 3.14. The van der Waals surface area contributed by atoms with E-state index in [9.17, 15) is 10.1 Å². The number of nitrogens with one attached hydrogen (secondary N) is 1. The van der Waals surface area contributed by atoms with Gasteiger partial charge in [-0.1, -0.05) is 0 Å². The zero-order valence-electron chi connectivity index (χ0n) is 10.2. The van der Waals surface area contributed by atoms with E-state index in [1.54, 1.807) is 12.1 Å². The van der Waals surface area contributed by atoms with Crippen LogP contribution in [0.15, 0.2) is 30.3 Å². The molecule has 1 fully saturated rings. The Morgan fingerprint density at radius 1 is 1.37 bits per heavy atom. The van der Waals surface area contributed by atoms with Crippen LogP contribution < -0.4 is 5.32 Å². The summed E-state index contributed by atoms with van der Waals surface area (Å²) < 4.78 is 0. The first-order chi connectivity index (χ1) is 9.22. The predicted octanol–water partition coefficient (Wildman–Crippen LogP) is 3.06. The van der Waals surface area contributed by atoms with Gasteiger partial charge in [0.1, 0.15) is 5.82 Å². The molecule has 1 atom stereocenters. The Kier molecular flexibility index (Phi) is 3.25. The molecule has 1 aliphatic rings. The Balaban J connectivity index is 1.88. The van der Waals surface area contributed by atoms with Crippen molar-refractivity contribution in [2.24, 2.45) is 0 Å². The molecule has 1 saturated heterocycles. The van der Waals surface area contributed by atoms with Crippen LogP contribution in [0.5, 0.6) is 0 Å². The highest BCUT2D eigenvalue weighted by Gasteiger charge is 2.15. The molecular weight excluding hydrogens is 262 g/mol. The van der Waals surface area contributed by atoms with Gasteiger partial charge in [-0.05, 0) is 30.4 Å². The van der Waals surface area contributed by atoms with Crippen molar-refractivity contribution >= 4 is 34.2 Å². The molecule has 0 radical (unpaired) electrons. The highest BCUT2D eigenvalue weighted by Crippen LogP contribution is 2.24. The topological polar surface area (TPSA) is 68.1 Å². The zero-order chi connectivity index (χ0) is 13.2. The van der Waals surface area contributed by atoms with E-state index in [0.717, 1.165) is 28.9 Å². The van der Waals surface area contributed by atoms with Crippen LogP contribution in [0.25, 0.3) is 10.9 Å². The number of hydrogen-bond acceptors (Lipinski definition) is 5. The molecule has 3 rings (SSSR count). The fraction of sp³-hybridized carbons (Fsp3) is 0.308. The minimum absolute atomic E-state index is 0.0993. The van der Waals surface area contributed by atoms with Gasteiger partial charge in [-0.3, -0.25) is 10.1 Å². The number of nitro benzene ring substituents is 1. The number of anilines is 1. The Morgan fingerprint density at radius 2 is 2.26 bits per heavy atom. The molecular formula is C13H13N3O2S. The van der Waals surface area contributed by atoms with E-state index in [1.165, 1.54) is 11.8 Å². The summed E-state index contributed by atoms with van der Waals surface area (Å²) in [7, 11) is 0. The third kappa shape index (κ3) is 2.63. The van der Waals surface area contributed by atoms with Crippen molar-refractivity contribution in [1.29, 1.82) is 0 Å². The maximum absolute atomic E-state index is 10.7. The van der Waals surface area contributed by atoms with Gasteiger partial charge in [0.2, 0.25) is 0 Å². The average Bonchev–Trinajstić information content (AvgIpc) is 2.91. The number of nitro groups is 1. The van der Waals surface area contributed by atoms with Crippen molar-refractivity contribution < 1.29 is 4.92 Å². The summed E-state index contributed by atoms with van der Waals surface area (Å²) in [4.78, 5) is 14.8. The lowest BCUT2D eigenvalue weighted by Crippen LogP contribution is -2.18. The maximum Gasteiger partial charge on any atom is 0.270 e. The van der Waals surface area contributed by atoms with E-state index < -0.39 is 0 Å². The van der Waals surface area contributed by atoms with E-state index in [4.69, 9.17) is 0 Å². The number of fused-ring (bicyclic) bond motifs is 1. The molecule has 1 aromatic heterocycles. The highest BCUT2D eigenvalue weighted by molar-refractivity contribution is 7.99. The number of pyridine rings is 1. The predicted molar refractivity (Wildman–Crippen MR) is 77.8 cm³/mol. The van der Waals surface area contributed by atoms with E-state index >= 15 is 0 Å². The monoisotopic (exact) mass is 275 g/mol. The maximum atomic E-state index is 10.7. The molecule has 1 N–H and O–H groups in total. The second kappa shape index (κ2) is 5.05. The second-order valence-corrected chi connectivity index (χ2v) is 5.69. The first kappa shape index (κ1) is 12.2. The van der Waals surface area contributed by atoms with Gasteiger partial charge < -0.3 is 5.32 Å². The van der Waals surface area contributed by atoms with Gasteiger partial charge in [0.25, 0.3) is 5.69 Å². The minimum atomic E-state index is -0.388. The van der Waals surface area contributed by atoms with Gasteiger partial charge in [-0.2, -0.15) is 11.8 Å². The average molecular weight is 275 g/mol. The van der Waals surface area contributed by atoms with Crippen LogP contribution in [0.4, 0.5) is 11.5 Å². The molecule has 5 nitrogen and oxygen atoms in total. The number of rotatable bonds is 3. The Labute approximate surface area is 114 Å². The van der Waals surface area contributed by atoms with E-state index in [0.29, 0.717) is 6.04 Å². The minimum Gasteiger partial charge on any atom is -0.366 e. The normalized spacial score (nSPS) is 18.6. The van der Waals surface area contributed by atoms with Crippen molar-refractivity contribution in [2.75, 3.05) is 16.8 Å². The fourth-order valence-electron chi connectivity index (χ4n) is 2.16. The Hall–Kier alpha value is -1.82. The third-order valence-corrected chi connectivity index (χ3v) is 4.33. The van der Waals surface area contributed by atoms with Gasteiger partial charge >= 0.3 is 0 Å². The molecule has 0 spiro atoms. The summed E-state index contributed by atoms with van der Waals surface area (Å²) in [5, 5.41) is 14.9.